The summed E-state index contributed by atoms with van der Waals surface area (Å²) < 4.78 is 0. The van der Waals surface area contributed by atoms with Crippen LogP contribution in [0.4, 0.5) is 0 Å². The van der Waals surface area contributed by atoms with Crippen molar-refractivity contribution in [3.63, 3.8) is 0 Å². The number of hydrogen-bond donors (Lipinski definition) is 1. The van der Waals surface area contributed by atoms with Gasteiger partial charge in [-0.25, -0.2) is 4.98 Å². The number of piperidine rings is 1. The smallest absolute Gasteiger partial charge is 0.254 e. The van der Waals surface area contributed by atoms with Gasteiger partial charge in [0.05, 0.1) is 21.7 Å². The van der Waals surface area contributed by atoms with Crippen molar-refractivity contribution < 1.29 is 4.79 Å². The number of benzene rings is 1. The molecule has 1 unspecified atom stereocenters. The Balaban J connectivity index is 1.78. The van der Waals surface area contributed by atoms with Crippen LogP contribution in [0.5, 0.6) is 0 Å². The summed E-state index contributed by atoms with van der Waals surface area (Å²) in [5, 5.41) is 6.27. The highest BCUT2D eigenvalue weighted by atomic mass is 32.1. The quantitative estimate of drug-likeness (QED) is 0.781. The van der Waals surface area contributed by atoms with E-state index in [-0.39, 0.29) is 5.91 Å². The Hall–Kier alpha value is -2.24. The molecule has 0 aliphatic carbocycles. The first-order valence-corrected chi connectivity index (χ1v) is 9.54. The van der Waals surface area contributed by atoms with E-state index in [2.05, 4.69) is 5.32 Å². The minimum absolute atomic E-state index is 0.108. The topological polar surface area (TPSA) is 45.2 Å². The van der Waals surface area contributed by atoms with Gasteiger partial charge in [0.25, 0.3) is 5.91 Å². The van der Waals surface area contributed by atoms with Gasteiger partial charge < -0.3 is 10.2 Å². The molecular formula is C20H21N3OS. The number of thiophene rings is 1. The number of rotatable bonds is 3. The maximum absolute atomic E-state index is 13.3. The summed E-state index contributed by atoms with van der Waals surface area (Å²) in [5.74, 6) is 0.108. The van der Waals surface area contributed by atoms with Gasteiger partial charge in [-0.05, 0) is 43.5 Å². The Bertz CT molecular complexity index is 891. The van der Waals surface area contributed by atoms with E-state index in [9.17, 15) is 4.79 Å². The summed E-state index contributed by atoms with van der Waals surface area (Å²) >= 11 is 1.65. The van der Waals surface area contributed by atoms with E-state index >= 15 is 0 Å². The van der Waals surface area contributed by atoms with E-state index in [1.54, 1.807) is 11.3 Å². The van der Waals surface area contributed by atoms with Crippen molar-refractivity contribution in [1.29, 1.82) is 0 Å². The largest absolute Gasteiger partial charge is 0.337 e. The second-order valence-electron chi connectivity index (χ2n) is 6.43. The van der Waals surface area contributed by atoms with Gasteiger partial charge in [-0.1, -0.05) is 24.3 Å². The van der Waals surface area contributed by atoms with Gasteiger partial charge in [0.1, 0.15) is 0 Å². The Kier molecular flexibility index (Phi) is 4.51. The van der Waals surface area contributed by atoms with Gasteiger partial charge in [-0.15, -0.1) is 11.3 Å². The van der Waals surface area contributed by atoms with Crippen LogP contribution in [0.2, 0.25) is 0 Å². The van der Waals surface area contributed by atoms with Gasteiger partial charge in [0.15, 0.2) is 0 Å². The summed E-state index contributed by atoms with van der Waals surface area (Å²) in [6, 6.07) is 14.3. The molecule has 0 spiro atoms. The molecule has 4 rings (SSSR count). The lowest BCUT2D eigenvalue weighted by atomic mass is 10.0. The molecule has 1 amide bonds. The fourth-order valence-corrected chi connectivity index (χ4v) is 4.16. The van der Waals surface area contributed by atoms with Crippen molar-refractivity contribution in [2.45, 2.75) is 18.9 Å². The summed E-state index contributed by atoms with van der Waals surface area (Å²) in [4.78, 5) is 21.1. The molecule has 1 saturated heterocycles. The zero-order valence-corrected chi connectivity index (χ0v) is 15.1. The van der Waals surface area contributed by atoms with Gasteiger partial charge >= 0.3 is 0 Å². The summed E-state index contributed by atoms with van der Waals surface area (Å²) in [7, 11) is 1.97. The van der Waals surface area contributed by atoms with Crippen LogP contribution in [-0.2, 0) is 0 Å². The summed E-state index contributed by atoms with van der Waals surface area (Å²) in [6.07, 6.45) is 2.16. The first kappa shape index (κ1) is 16.2. The molecule has 0 radical (unpaired) electrons. The first-order chi connectivity index (χ1) is 12.3. The molecule has 1 aliphatic rings. The number of pyridine rings is 1. The van der Waals surface area contributed by atoms with Crippen LogP contribution in [0.15, 0.2) is 47.8 Å². The van der Waals surface area contributed by atoms with E-state index in [4.69, 9.17) is 4.98 Å². The molecule has 1 fully saturated rings. The van der Waals surface area contributed by atoms with Crippen LogP contribution in [0.3, 0.4) is 0 Å². The molecule has 3 heterocycles. The van der Waals surface area contributed by atoms with Crippen LogP contribution in [-0.4, -0.2) is 42.0 Å². The van der Waals surface area contributed by atoms with E-state index in [1.165, 1.54) is 0 Å². The lowest BCUT2D eigenvalue weighted by Gasteiger charge is -2.33. The SMILES string of the molecule is CNC1CCCN(C(=O)c2cc(-c3cccs3)nc3ccccc23)C1. The predicted molar refractivity (Wildman–Crippen MR) is 103 cm³/mol. The van der Waals surface area contributed by atoms with Gasteiger partial charge in [-0.3, -0.25) is 4.79 Å². The number of likely N-dealkylation sites (tertiary alicyclic amines) is 1. The molecule has 1 aromatic carbocycles. The van der Waals surface area contributed by atoms with Crippen LogP contribution < -0.4 is 5.32 Å². The molecule has 3 aromatic rings. The lowest BCUT2D eigenvalue weighted by molar-refractivity contribution is 0.0700. The second-order valence-corrected chi connectivity index (χ2v) is 7.38. The van der Waals surface area contributed by atoms with Crippen molar-refractivity contribution in [2.75, 3.05) is 20.1 Å². The average molecular weight is 351 g/mol. The van der Waals surface area contributed by atoms with Crippen molar-refractivity contribution >= 4 is 28.1 Å². The number of para-hydroxylation sites is 1. The number of aromatic nitrogens is 1. The molecule has 1 atom stereocenters. The molecule has 128 valence electrons. The number of amides is 1. The summed E-state index contributed by atoms with van der Waals surface area (Å²) in [6.45, 7) is 1.59. The standard InChI is InChI=1S/C20H21N3OS/c1-21-14-6-4-10-23(13-14)20(24)16-12-18(19-9-5-11-25-19)22-17-8-3-2-7-15(16)17/h2-3,5,7-9,11-12,14,21H,4,6,10,13H2,1H3. The van der Waals surface area contributed by atoms with E-state index in [0.29, 0.717) is 6.04 Å². The minimum Gasteiger partial charge on any atom is -0.337 e. The van der Waals surface area contributed by atoms with Crippen molar-refractivity contribution in [3.05, 3.63) is 53.4 Å². The van der Waals surface area contributed by atoms with Crippen LogP contribution in [0.1, 0.15) is 23.2 Å². The van der Waals surface area contributed by atoms with Crippen molar-refractivity contribution in [2.24, 2.45) is 0 Å². The second kappa shape index (κ2) is 6.94. The third-order valence-corrected chi connectivity index (χ3v) is 5.73. The molecule has 1 N–H and O–H groups in total. The van der Waals surface area contributed by atoms with Crippen LogP contribution in [0.25, 0.3) is 21.5 Å². The highest BCUT2D eigenvalue weighted by Crippen LogP contribution is 2.29. The molecule has 0 bridgehead atoms. The van der Waals surface area contributed by atoms with Crippen LogP contribution in [0, 0.1) is 0 Å². The third-order valence-electron chi connectivity index (χ3n) is 4.84. The van der Waals surface area contributed by atoms with E-state index < -0.39 is 0 Å². The number of carbonyl (C=O) groups excluding carboxylic acids is 1. The van der Waals surface area contributed by atoms with E-state index in [0.717, 1.165) is 53.0 Å². The van der Waals surface area contributed by atoms with Crippen molar-refractivity contribution in [3.8, 4) is 10.6 Å². The average Bonchev–Trinajstić information content (AvgIpc) is 3.21. The van der Waals surface area contributed by atoms with Gasteiger partial charge in [0, 0.05) is 24.5 Å². The fraction of sp³-hybridized carbons (Fsp3) is 0.300. The highest BCUT2D eigenvalue weighted by Gasteiger charge is 2.25. The highest BCUT2D eigenvalue weighted by molar-refractivity contribution is 7.13. The minimum atomic E-state index is 0.108. The maximum atomic E-state index is 13.3. The number of fused-ring (bicyclic) bond motifs is 1. The zero-order valence-electron chi connectivity index (χ0n) is 14.2. The Labute approximate surface area is 151 Å². The van der Waals surface area contributed by atoms with Gasteiger partial charge in [-0.2, -0.15) is 0 Å². The third kappa shape index (κ3) is 3.17. The Morgan fingerprint density at radius 1 is 1.28 bits per heavy atom. The normalized spacial score (nSPS) is 17.8. The maximum Gasteiger partial charge on any atom is 0.254 e. The molecule has 2 aromatic heterocycles. The molecule has 0 saturated carbocycles. The Morgan fingerprint density at radius 2 is 2.16 bits per heavy atom. The number of likely N-dealkylation sites (N-methyl/N-ethyl adjacent to an activating group) is 1. The molecule has 4 nitrogen and oxygen atoms in total. The van der Waals surface area contributed by atoms with Gasteiger partial charge in [0.2, 0.25) is 0 Å². The first-order valence-electron chi connectivity index (χ1n) is 8.66. The fourth-order valence-electron chi connectivity index (χ4n) is 3.47. The van der Waals surface area contributed by atoms with Crippen LogP contribution >= 0.6 is 11.3 Å². The number of hydrogen-bond acceptors (Lipinski definition) is 4. The number of carbonyl (C=O) groups is 1. The number of nitrogens with zero attached hydrogens (tertiary/aromatic N) is 2. The Morgan fingerprint density at radius 3 is 2.96 bits per heavy atom. The molecule has 1 aliphatic heterocycles. The van der Waals surface area contributed by atoms with E-state index in [1.807, 2.05) is 59.8 Å². The summed E-state index contributed by atoms with van der Waals surface area (Å²) in [5.41, 5.74) is 2.50. The molecule has 5 heteroatoms. The van der Waals surface area contributed by atoms with Crippen molar-refractivity contribution in [1.82, 2.24) is 15.2 Å². The monoisotopic (exact) mass is 351 g/mol. The molecule has 25 heavy (non-hydrogen) atoms. The molecular weight excluding hydrogens is 330 g/mol. The lowest BCUT2D eigenvalue weighted by Crippen LogP contribution is -2.47. The number of nitrogens with one attached hydrogen (secondary N) is 1. The predicted octanol–water partition coefficient (Wildman–Crippen LogP) is 3.79. The zero-order chi connectivity index (χ0) is 17.2.